The molecule has 0 saturated heterocycles. The third kappa shape index (κ3) is 1.12. The van der Waals surface area contributed by atoms with Crippen LogP contribution in [0.5, 0.6) is 0 Å². The molecule has 0 radical (unpaired) electrons. The van der Waals surface area contributed by atoms with Gasteiger partial charge in [-0.15, -0.1) is 11.3 Å². The van der Waals surface area contributed by atoms with E-state index in [2.05, 4.69) is 0 Å². The molecule has 0 aliphatic carbocycles. The number of hydrogen-bond acceptors (Lipinski definition) is 3. The van der Waals surface area contributed by atoms with E-state index in [0.717, 1.165) is 21.9 Å². The summed E-state index contributed by atoms with van der Waals surface area (Å²) in [5.74, 6) is -0.904. The first-order valence-corrected chi connectivity index (χ1v) is 4.54. The lowest BCUT2D eigenvalue weighted by Gasteiger charge is -2.05. The van der Waals surface area contributed by atoms with E-state index in [1.165, 1.54) is 4.90 Å². The highest BCUT2D eigenvalue weighted by atomic mass is 32.1. The van der Waals surface area contributed by atoms with E-state index in [1.54, 1.807) is 13.1 Å². The Kier molecular flexibility index (Phi) is 1.63. The molecule has 2 rings (SSSR count). The van der Waals surface area contributed by atoms with Gasteiger partial charge in [0.25, 0.3) is 0 Å². The number of hydrogen-bond donors (Lipinski definition) is 1. The summed E-state index contributed by atoms with van der Waals surface area (Å²) in [7, 11) is 1.66. The van der Waals surface area contributed by atoms with Crippen LogP contribution in [-0.4, -0.2) is 24.0 Å². The van der Waals surface area contributed by atoms with Gasteiger partial charge in [0.05, 0.1) is 6.42 Å². The molecule has 1 amide bonds. The first kappa shape index (κ1) is 8.25. The molecule has 0 aromatic carbocycles. The number of carbonyl (C=O) groups is 2. The highest BCUT2D eigenvalue weighted by molar-refractivity contribution is 7.18. The lowest BCUT2D eigenvalue weighted by Crippen LogP contribution is -2.20. The number of thiophene rings is 1. The van der Waals surface area contributed by atoms with Crippen LogP contribution in [0, 0.1) is 0 Å². The summed E-state index contributed by atoms with van der Waals surface area (Å²) in [4.78, 5) is 23.6. The molecule has 0 saturated carbocycles. The highest BCUT2D eigenvalue weighted by Crippen LogP contribution is 2.36. The Morgan fingerprint density at radius 2 is 2.38 bits per heavy atom. The number of rotatable bonds is 1. The normalized spacial score (nSPS) is 14.8. The lowest BCUT2D eigenvalue weighted by atomic mass is 10.2. The van der Waals surface area contributed by atoms with Crippen molar-refractivity contribution >= 4 is 28.2 Å². The van der Waals surface area contributed by atoms with Gasteiger partial charge in [0.15, 0.2) is 0 Å². The molecule has 1 aliphatic heterocycles. The number of amides is 1. The molecule has 0 atom stereocenters. The van der Waals surface area contributed by atoms with Crippen molar-refractivity contribution in [3.05, 3.63) is 16.5 Å². The van der Waals surface area contributed by atoms with E-state index < -0.39 is 5.97 Å². The standard InChI is InChI=1S/C8H7NO3S/c1-9-6(10)3-4-2-5(8(11)12)13-7(4)9/h2H,3H2,1H3,(H,11,12). The van der Waals surface area contributed by atoms with E-state index in [-0.39, 0.29) is 5.91 Å². The number of likely N-dealkylation sites (N-methyl/N-ethyl adjacent to an activating group) is 1. The molecule has 0 fully saturated rings. The van der Waals surface area contributed by atoms with Crippen molar-refractivity contribution in [3.63, 3.8) is 0 Å². The fourth-order valence-electron chi connectivity index (χ4n) is 1.33. The summed E-state index contributed by atoms with van der Waals surface area (Å²) >= 11 is 1.15. The van der Waals surface area contributed by atoms with Crippen molar-refractivity contribution < 1.29 is 14.7 Å². The van der Waals surface area contributed by atoms with Crippen LogP contribution in [0.3, 0.4) is 0 Å². The maximum absolute atomic E-state index is 11.2. The second kappa shape index (κ2) is 2.56. The Labute approximate surface area is 78.4 Å². The summed E-state index contributed by atoms with van der Waals surface area (Å²) in [5.41, 5.74) is 0.829. The van der Waals surface area contributed by atoms with Gasteiger partial charge in [0.2, 0.25) is 5.91 Å². The predicted octanol–water partition coefficient (Wildman–Crippen LogP) is 0.965. The largest absolute Gasteiger partial charge is 0.477 e. The summed E-state index contributed by atoms with van der Waals surface area (Å²) in [6.45, 7) is 0. The van der Waals surface area contributed by atoms with Crippen molar-refractivity contribution in [2.24, 2.45) is 0 Å². The molecule has 5 heteroatoms. The van der Waals surface area contributed by atoms with Crippen LogP contribution in [-0.2, 0) is 11.2 Å². The molecule has 0 bridgehead atoms. The van der Waals surface area contributed by atoms with E-state index in [9.17, 15) is 9.59 Å². The van der Waals surface area contributed by atoms with E-state index in [4.69, 9.17) is 5.11 Å². The number of aromatic carboxylic acids is 1. The van der Waals surface area contributed by atoms with E-state index >= 15 is 0 Å². The Hall–Kier alpha value is -1.36. The molecule has 2 heterocycles. The van der Waals surface area contributed by atoms with Crippen molar-refractivity contribution in [1.82, 2.24) is 0 Å². The SMILES string of the molecule is CN1C(=O)Cc2cc(C(=O)O)sc21. The topological polar surface area (TPSA) is 57.6 Å². The van der Waals surface area contributed by atoms with E-state index in [0.29, 0.717) is 11.3 Å². The maximum atomic E-state index is 11.2. The molecule has 68 valence electrons. The van der Waals surface area contributed by atoms with Gasteiger partial charge >= 0.3 is 5.97 Å². The van der Waals surface area contributed by atoms with Gasteiger partial charge in [-0.25, -0.2) is 4.79 Å². The van der Waals surface area contributed by atoms with Gasteiger partial charge in [-0.2, -0.15) is 0 Å². The number of carbonyl (C=O) groups excluding carboxylic acids is 1. The molecule has 13 heavy (non-hydrogen) atoms. The number of anilines is 1. The average molecular weight is 197 g/mol. The average Bonchev–Trinajstić information content (AvgIpc) is 2.55. The molecule has 1 N–H and O–H groups in total. The highest BCUT2D eigenvalue weighted by Gasteiger charge is 2.27. The smallest absolute Gasteiger partial charge is 0.345 e. The minimum absolute atomic E-state index is 0.0261. The minimum Gasteiger partial charge on any atom is -0.477 e. The zero-order chi connectivity index (χ0) is 9.59. The van der Waals surface area contributed by atoms with Gasteiger partial charge in [0, 0.05) is 7.05 Å². The van der Waals surface area contributed by atoms with Crippen LogP contribution in [0.1, 0.15) is 15.2 Å². The van der Waals surface area contributed by atoms with Crippen molar-refractivity contribution in [3.8, 4) is 0 Å². The van der Waals surface area contributed by atoms with Crippen LogP contribution < -0.4 is 4.90 Å². The first-order valence-electron chi connectivity index (χ1n) is 3.72. The Balaban J connectivity index is 2.45. The summed E-state index contributed by atoms with van der Waals surface area (Å²) in [5, 5.41) is 9.47. The molecule has 1 aromatic rings. The van der Waals surface area contributed by atoms with Crippen LogP contribution >= 0.6 is 11.3 Å². The molecular weight excluding hydrogens is 190 g/mol. The van der Waals surface area contributed by atoms with Gasteiger partial charge < -0.3 is 10.0 Å². The van der Waals surface area contributed by atoms with Gasteiger partial charge in [-0.1, -0.05) is 0 Å². The van der Waals surface area contributed by atoms with E-state index in [1.807, 2.05) is 0 Å². The number of fused-ring (bicyclic) bond motifs is 1. The van der Waals surface area contributed by atoms with Gasteiger partial charge in [-0.3, -0.25) is 4.79 Å². The quantitative estimate of drug-likeness (QED) is 0.729. The second-order valence-electron chi connectivity index (χ2n) is 2.88. The second-order valence-corrected chi connectivity index (χ2v) is 3.91. The maximum Gasteiger partial charge on any atom is 0.345 e. The van der Waals surface area contributed by atoms with Crippen LogP contribution in [0.15, 0.2) is 6.07 Å². The Bertz CT molecular complexity index is 396. The summed E-state index contributed by atoms with van der Waals surface area (Å²) < 4.78 is 0. The molecule has 1 aromatic heterocycles. The molecule has 0 spiro atoms. The molecule has 1 aliphatic rings. The predicted molar refractivity (Wildman–Crippen MR) is 48.4 cm³/mol. The third-order valence-corrected chi connectivity index (χ3v) is 3.26. The molecule has 4 nitrogen and oxygen atoms in total. The Morgan fingerprint density at radius 3 is 2.92 bits per heavy atom. The van der Waals surface area contributed by atoms with Crippen LogP contribution in [0.2, 0.25) is 0 Å². The van der Waals surface area contributed by atoms with Crippen LogP contribution in [0.25, 0.3) is 0 Å². The van der Waals surface area contributed by atoms with Gasteiger partial charge in [0.1, 0.15) is 9.88 Å². The number of carboxylic acids is 1. The van der Waals surface area contributed by atoms with Crippen molar-refractivity contribution in [1.29, 1.82) is 0 Å². The monoisotopic (exact) mass is 197 g/mol. The molecule has 0 unspecified atom stereocenters. The van der Waals surface area contributed by atoms with Gasteiger partial charge in [-0.05, 0) is 11.6 Å². The zero-order valence-corrected chi connectivity index (χ0v) is 7.72. The number of carboxylic acid groups (broad SMARTS) is 1. The van der Waals surface area contributed by atoms with Crippen molar-refractivity contribution in [2.45, 2.75) is 6.42 Å². The fourth-order valence-corrected chi connectivity index (χ4v) is 2.33. The zero-order valence-electron chi connectivity index (χ0n) is 6.90. The number of nitrogens with zero attached hydrogens (tertiary/aromatic N) is 1. The Morgan fingerprint density at radius 1 is 1.69 bits per heavy atom. The third-order valence-electron chi connectivity index (χ3n) is 2.02. The first-order chi connectivity index (χ1) is 6.09. The summed E-state index contributed by atoms with van der Waals surface area (Å²) in [6, 6.07) is 1.57. The van der Waals surface area contributed by atoms with Crippen LogP contribution in [0.4, 0.5) is 5.00 Å². The molecular formula is C8H7NO3S. The summed E-state index contributed by atoms with van der Waals surface area (Å²) in [6.07, 6.45) is 0.329. The lowest BCUT2D eigenvalue weighted by molar-refractivity contribution is -0.117. The van der Waals surface area contributed by atoms with Crippen molar-refractivity contribution in [2.75, 3.05) is 11.9 Å². The fraction of sp³-hybridized carbons (Fsp3) is 0.250. The minimum atomic E-state index is -0.930.